The number of fused-ring (bicyclic) bond motifs is 1. The number of sulfonamides is 1. The van der Waals surface area contributed by atoms with Crippen molar-refractivity contribution in [1.82, 2.24) is 4.31 Å². The van der Waals surface area contributed by atoms with E-state index >= 15 is 0 Å². The number of piperidine rings is 1. The van der Waals surface area contributed by atoms with Crippen LogP contribution in [-0.2, 0) is 10.0 Å². The summed E-state index contributed by atoms with van der Waals surface area (Å²) < 4.78 is 25.4. The molecule has 2 unspecified atom stereocenters. The smallest absolute Gasteiger partial charge is 0.215 e. The molecule has 6 heteroatoms. The number of rotatable bonds is 3. The highest BCUT2D eigenvalue weighted by molar-refractivity contribution is 7.89. The number of nitrogens with zero attached hydrogens (tertiary/aromatic N) is 1. The van der Waals surface area contributed by atoms with Crippen molar-refractivity contribution in [3.05, 3.63) is 0 Å². The van der Waals surface area contributed by atoms with E-state index in [0.717, 1.165) is 25.7 Å². The lowest BCUT2D eigenvalue weighted by Gasteiger charge is -2.46. The van der Waals surface area contributed by atoms with E-state index < -0.39 is 15.6 Å². The van der Waals surface area contributed by atoms with E-state index in [0.29, 0.717) is 19.5 Å². The zero-order valence-corrected chi connectivity index (χ0v) is 11.5. The molecule has 0 aromatic carbocycles. The Morgan fingerprint density at radius 2 is 2.12 bits per heavy atom. The molecule has 4 nitrogen and oxygen atoms in total. The fraction of sp³-hybridized carbons (Fsp3) is 1.00. The van der Waals surface area contributed by atoms with Crippen molar-refractivity contribution in [3.8, 4) is 0 Å². The van der Waals surface area contributed by atoms with Crippen molar-refractivity contribution in [2.75, 3.05) is 24.7 Å². The van der Waals surface area contributed by atoms with Gasteiger partial charge in [-0.05, 0) is 19.3 Å². The molecule has 1 N–H and O–H groups in total. The minimum absolute atomic E-state index is 0.000294. The van der Waals surface area contributed by atoms with E-state index in [2.05, 4.69) is 0 Å². The van der Waals surface area contributed by atoms with Crippen LogP contribution in [0.4, 0.5) is 0 Å². The topological polar surface area (TPSA) is 57.6 Å². The highest BCUT2D eigenvalue weighted by Crippen LogP contribution is 2.40. The summed E-state index contributed by atoms with van der Waals surface area (Å²) in [5, 5.41) is 10.5. The van der Waals surface area contributed by atoms with Crippen LogP contribution in [0, 0.1) is 5.92 Å². The minimum atomic E-state index is -3.22. The minimum Gasteiger partial charge on any atom is -0.390 e. The third-order valence-corrected chi connectivity index (χ3v) is 6.37. The van der Waals surface area contributed by atoms with Gasteiger partial charge in [0.05, 0.1) is 11.4 Å². The molecule has 17 heavy (non-hydrogen) atoms. The van der Waals surface area contributed by atoms with Crippen molar-refractivity contribution in [2.24, 2.45) is 5.92 Å². The summed E-state index contributed by atoms with van der Waals surface area (Å²) in [6.45, 7) is 0.905. The number of halogens is 1. The average molecular weight is 282 g/mol. The Morgan fingerprint density at radius 3 is 2.82 bits per heavy atom. The second kappa shape index (κ2) is 5.03. The van der Waals surface area contributed by atoms with Gasteiger partial charge in [-0.2, -0.15) is 0 Å². The molecule has 2 atom stereocenters. The molecule has 0 amide bonds. The zero-order chi connectivity index (χ0) is 12.5. The average Bonchev–Trinajstić information content (AvgIpc) is 2.27. The van der Waals surface area contributed by atoms with E-state index in [9.17, 15) is 13.5 Å². The highest BCUT2D eigenvalue weighted by atomic mass is 35.5. The molecule has 0 aromatic rings. The summed E-state index contributed by atoms with van der Waals surface area (Å²) >= 11 is 5.51. The Morgan fingerprint density at radius 1 is 1.35 bits per heavy atom. The molecule has 1 aliphatic heterocycles. The number of hydrogen-bond donors (Lipinski definition) is 1. The molecule has 1 saturated heterocycles. The molecular formula is C11H20ClNO3S. The third-order valence-electron chi connectivity index (χ3n) is 4.12. The van der Waals surface area contributed by atoms with Crippen LogP contribution in [0.5, 0.6) is 0 Å². The summed E-state index contributed by atoms with van der Waals surface area (Å²) in [6, 6.07) is 0. The van der Waals surface area contributed by atoms with Crippen LogP contribution in [-0.4, -0.2) is 48.2 Å². The summed E-state index contributed by atoms with van der Waals surface area (Å²) in [6.07, 6.45) is 4.47. The SMILES string of the molecule is O=S(=O)(CCCl)N1CCC2(O)CCCCC2C1. The lowest BCUT2D eigenvalue weighted by atomic mass is 9.72. The second-order valence-corrected chi connectivity index (χ2v) is 7.63. The number of alkyl halides is 1. The third kappa shape index (κ3) is 2.78. The standard InChI is InChI=1S/C11H20ClNO3S/c12-6-8-17(15,16)13-7-5-11(14)4-2-1-3-10(11)9-13/h10,14H,1-9H2. The van der Waals surface area contributed by atoms with Crippen LogP contribution in [0.2, 0.25) is 0 Å². The summed E-state index contributed by atoms with van der Waals surface area (Å²) in [7, 11) is -3.22. The first-order valence-electron chi connectivity index (χ1n) is 6.24. The van der Waals surface area contributed by atoms with E-state index in [-0.39, 0.29) is 17.6 Å². The molecule has 2 rings (SSSR count). The Labute approximate surface area is 108 Å². The van der Waals surface area contributed by atoms with Crippen molar-refractivity contribution in [1.29, 1.82) is 0 Å². The molecule has 2 aliphatic rings. The molecule has 1 aliphatic carbocycles. The molecular weight excluding hydrogens is 262 g/mol. The Hall–Kier alpha value is 0.160. The second-order valence-electron chi connectivity index (χ2n) is 5.16. The molecule has 0 bridgehead atoms. The van der Waals surface area contributed by atoms with E-state index in [4.69, 9.17) is 11.6 Å². The maximum atomic E-state index is 11.9. The van der Waals surface area contributed by atoms with E-state index in [1.165, 1.54) is 4.31 Å². The molecule has 100 valence electrons. The van der Waals surface area contributed by atoms with Crippen molar-refractivity contribution in [3.63, 3.8) is 0 Å². The number of aliphatic hydroxyl groups is 1. The highest BCUT2D eigenvalue weighted by Gasteiger charge is 2.44. The van der Waals surface area contributed by atoms with Crippen LogP contribution in [0.25, 0.3) is 0 Å². The van der Waals surface area contributed by atoms with Gasteiger partial charge >= 0.3 is 0 Å². The Bertz CT molecular complexity index is 373. The quantitative estimate of drug-likeness (QED) is 0.791. The van der Waals surface area contributed by atoms with Crippen molar-refractivity contribution < 1.29 is 13.5 Å². The summed E-state index contributed by atoms with van der Waals surface area (Å²) in [5.41, 5.74) is -0.620. The molecule has 1 heterocycles. The van der Waals surface area contributed by atoms with Gasteiger partial charge in [-0.1, -0.05) is 12.8 Å². The van der Waals surface area contributed by atoms with Crippen LogP contribution < -0.4 is 0 Å². The fourth-order valence-electron chi connectivity index (χ4n) is 3.02. The normalized spacial score (nSPS) is 35.5. The fourth-order valence-corrected chi connectivity index (χ4v) is 4.83. The van der Waals surface area contributed by atoms with Gasteiger partial charge in [0.25, 0.3) is 0 Å². The molecule has 0 radical (unpaired) electrons. The first-order valence-corrected chi connectivity index (χ1v) is 8.38. The maximum absolute atomic E-state index is 11.9. The van der Waals surface area contributed by atoms with Gasteiger partial charge in [-0.25, -0.2) is 12.7 Å². The predicted molar refractivity (Wildman–Crippen MR) is 67.6 cm³/mol. The van der Waals surface area contributed by atoms with E-state index in [1.807, 2.05) is 0 Å². The summed E-state index contributed by atoms with van der Waals surface area (Å²) in [4.78, 5) is 0. The van der Waals surface area contributed by atoms with Gasteiger partial charge in [-0.15, -0.1) is 11.6 Å². The Kier molecular flexibility index (Phi) is 4.02. The lowest BCUT2D eigenvalue weighted by molar-refractivity contribution is -0.0816. The van der Waals surface area contributed by atoms with Crippen molar-refractivity contribution in [2.45, 2.75) is 37.7 Å². The van der Waals surface area contributed by atoms with Gasteiger partial charge in [0, 0.05) is 24.9 Å². The molecule has 0 aromatic heterocycles. The van der Waals surface area contributed by atoms with Gasteiger partial charge in [0.15, 0.2) is 0 Å². The van der Waals surface area contributed by atoms with Crippen LogP contribution in [0.3, 0.4) is 0 Å². The maximum Gasteiger partial charge on any atom is 0.215 e. The Balaban J connectivity index is 2.07. The number of hydrogen-bond acceptors (Lipinski definition) is 3. The molecule has 2 fully saturated rings. The van der Waals surface area contributed by atoms with Crippen LogP contribution in [0.15, 0.2) is 0 Å². The van der Waals surface area contributed by atoms with Gasteiger partial charge in [0.2, 0.25) is 10.0 Å². The predicted octanol–water partition coefficient (Wildman–Crippen LogP) is 1.18. The van der Waals surface area contributed by atoms with Crippen molar-refractivity contribution >= 4 is 21.6 Å². The lowest BCUT2D eigenvalue weighted by Crippen LogP contribution is -2.55. The first-order chi connectivity index (χ1) is 7.98. The largest absolute Gasteiger partial charge is 0.390 e. The van der Waals surface area contributed by atoms with Gasteiger partial charge < -0.3 is 5.11 Å². The van der Waals surface area contributed by atoms with E-state index in [1.54, 1.807) is 0 Å². The monoisotopic (exact) mass is 281 g/mol. The summed E-state index contributed by atoms with van der Waals surface area (Å²) in [5.74, 6) is 0.239. The first kappa shape index (κ1) is 13.6. The van der Waals surface area contributed by atoms with Crippen LogP contribution in [0.1, 0.15) is 32.1 Å². The molecule has 0 spiro atoms. The van der Waals surface area contributed by atoms with Crippen LogP contribution >= 0.6 is 11.6 Å². The molecule has 1 saturated carbocycles. The van der Waals surface area contributed by atoms with Gasteiger partial charge in [0.1, 0.15) is 0 Å². The van der Waals surface area contributed by atoms with Gasteiger partial charge in [-0.3, -0.25) is 0 Å². The zero-order valence-electron chi connectivity index (χ0n) is 9.94.